The van der Waals surface area contributed by atoms with E-state index in [2.05, 4.69) is 0 Å². The lowest BCUT2D eigenvalue weighted by Crippen LogP contribution is -2.30. The fraction of sp³-hybridized carbons (Fsp3) is 0.333. The molecule has 2 N–H and O–H groups in total. The molecule has 0 aromatic heterocycles. The minimum Gasteiger partial charge on any atom is -0.431 e. The van der Waals surface area contributed by atoms with E-state index in [0.717, 1.165) is 6.42 Å². The van der Waals surface area contributed by atoms with Gasteiger partial charge >= 0.3 is 11.9 Å². The molecule has 2 unspecified atom stereocenters. The third-order valence-electron chi connectivity index (χ3n) is 4.04. The Morgan fingerprint density at radius 2 is 1.22 bits per heavy atom. The van der Waals surface area contributed by atoms with Gasteiger partial charge in [0.1, 0.15) is 0 Å². The fourth-order valence-electron chi connectivity index (χ4n) is 2.50. The van der Waals surface area contributed by atoms with Crippen LogP contribution >= 0.6 is 0 Å². The smallest absolute Gasteiger partial charge is 0.322 e. The van der Waals surface area contributed by atoms with Crippen molar-refractivity contribution < 1.29 is 29.3 Å². The van der Waals surface area contributed by atoms with Crippen LogP contribution in [0, 0.1) is 5.92 Å². The third-order valence-corrected chi connectivity index (χ3v) is 4.04. The number of carbonyl (C=O) groups excluding carboxylic acids is 2. The summed E-state index contributed by atoms with van der Waals surface area (Å²) < 4.78 is 10.1. The number of aliphatic hydroxyl groups is 2. The highest BCUT2D eigenvalue weighted by Crippen LogP contribution is 2.22. The fourth-order valence-corrected chi connectivity index (χ4v) is 2.50. The molecule has 0 saturated heterocycles. The van der Waals surface area contributed by atoms with E-state index >= 15 is 0 Å². The first-order valence-electron chi connectivity index (χ1n) is 8.90. The maximum absolute atomic E-state index is 12.4. The molecular formula is C21H24O6. The van der Waals surface area contributed by atoms with Crippen molar-refractivity contribution in [3.63, 3.8) is 0 Å². The van der Waals surface area contributed by atoms with Crippen LogP contribution in [0.4, 0.5) is 0 Å². The van der Waals surface area contributed by atoms with E-state index in [1.54, 1.807) is 60.7 Å². The zero-order valence-electron chi connectivity index (χ0n) is 15.2. The van der Waals surface area contributed by atoms with Gasteiger partial charge in [-0.05, 0) is 6.42 Å². The van der Waals surface area contributed by atoms with Gasteiger partial charge in [-0.2, -0.15) is 0 Å². The highest BCUT2D eigenvalue weighted by molar-refractivity contribution is 5.95. The summed E-state index contributed by atoms with van der Waals surface area (Å²) in [7, 11) is 0. The van der Waals surface area contributed by atoms with Crippen LogP contribution < -0.4 is 0 Å². The van der Waals surface area contributed by atoms with Crippen LogP contribution in [0.1, 0.15) is 49.9 Å². The number of ether oxygens (including phenoxy) is 2. The van der Waals surface area contributed by atoms with Gasteiger partial charge in [-0.3, -0.25) is 9.59 Å². The molecule has 0 saturated carbocycles. The number of hydrogen-bond donors (Lipinski definition) is 2. The van der Waals surface area contributed by atoms with Crippen LogP contribution in [0.2, 0.25) is 0 Å². The van der Waals surface area contributed by atoms with Crippen LogP contribution in [0.3, 0.4) is 0 Å². The summed E-state index contributed by atoms with van der Waals surface area (Å²) in [5.74, 6) is -2.99. The number of aliphatic hydroxyl groups excluding tert-OH is 2. The van der Waals surface area contributed by atoms with Crippen LogP contribution in [0.5, 0.6) is 0 Å². The van der Waals surface area contributed by atoms with Gasteiger partial charge in [0.05, 0.1) is 0 Å². The van der Waals surface area contributed by atoms with Gasteiger partial charge in [-0.1, -0.05) is 80.4 Å². The van der Waals surface area contributed by atoms with Gasteiger partial charge in [-0.25, -0.2) is 0 Å². The molecule has 2 rings (SSSR count). The quantitative estimate of drug-likeness (QED) is 0.399. The second kappa shape index (κ2) is 10.4. The van der Waals surface area contributed by atoms with Crippen molar-refractivity contribution in [2.75, 3.05) is 0 Å². The Balaban J connectivity index is 2.04. The summed E-state index contributed by atoms with van der Waals surface area (Å²) >= 11 is 0. The van der Waals surface area contributed by atoms with Crippen molar-refractivity contribution >= 4 is 11.9 Å². The zero-order valence-corrected chi connectivity index (χ0v) is 15.2. The standard InChI is InChI=1S/C21H24O6/c1-2-3-14-17(20(24)26-18(22)15-10-6-4-7-11-15)21(25)27-19(23)16-12-8-5-9-13-16/h4-13,17-19,22-23H,2-3,14H2,1H3. The average molecular weight is 372 g/mol. The van der Waals surface area contributed by atoms with E-state index in [4.69, 9.17) is 9.47 Å². The largest absolute Gasteiger partial charge is 0.431 e. The van der Waals surface area contributed by atoms with Gasteiger partial charge in [0.2, 0.25) is 12.6 Å². The molecule has 6 heteroatoms. The Bertz CT molecular complexity index is 656. The molecule has 144 valence electrons. The third kappa shape index (κ3) is 6.20. The van der Waals surface area contributed by atoms with E-state index in [1.807, 2.05) is 6.92 Å². The Morgan fingerprint density at radius 1 is 0.815 bits per heavy atom. The molecule has 2 aromatic rings. The molecule has 2 atom stereocenters. The van der Waals surface area contributed by atoms with Gasteiger partial charge in [0.15, 0.2) is 5.92 Å². The summed E-state index contributed by atoms with van der Waals surface area (Å²) in [5.41, 5.74) is 0.801. The first kappa shape index (κ1) is 20.6. The van der Waals surface area contributed by atoms with E-state index in [0.29, 0.717) is 17.5 Å². The monoisotopic (exact) mass is 372 g/mol. The first-order valence-corrected chi connectivity index (χ1v) is 8.90. The Labute approximate surface area is 158 Å². The van der Waals surface area contributed by atoms with Gasteiger partial charge in [0, 0.05) is 11.1 Å². The highest BCUT2D eigenvalue weighted by Gasteiger charge is 2.32. The normalized spacial score (nSPS) is 14.0. The van der Waals surface area contributed by atoms with Gasteiger partial charge < -0.3 is 19.7 Å². The van der Waals surface area contributed by atoms with Crippen molar-refractivity contribution in [2.45, 2.75) is 38.8 Å². The maximum Gasteiger partial charge on any atom is 0.322 e. The average Bonchev–Trinajstić information content (AvgIpc) is 2.69. The second-order valence-corrected chi connectivity index (χ2v) is 6.09. The van der Waals surface area contributed by atoms with E-state index in [9.17, 15) is 19.8 Å². The topological polar surface area (TPSA) is 93.1 Å². The number of carbonyl (C=O) groups is 2. The summed E-state index contributed by atoms with van der Waals surface area (Å²) in [6.45, 7) is 1.92. The van der Waals surface area contributed by atoms with E-state index in [1.165, 1.54) is 0 Å². The van der Waals surface area contributed by atoms with Gasteiger partial charge in [-0.15, -0.1) is 0 Å². The molecule has 0 heterocycles. The second-order valence-electron chi connectivity index (χ2n) is 6.09. The van der Waals surface area contributed by atoms with Crippen molar-refractivity contribution in [2.24, 2.45) is 5.92 Å². The predicted molar refractivity (Wildman–Crippen MR) is 98.0 cm³/mol. The van der Waals surface area contributed by atoms with Crippen LogP contribution in [0.25, 0.3) is 0 Å². The van der Waals surface area contributed by atoms with Gasteiger partial charge in [0.25, 0.3) is 0 Å². The molecule has 2 aromatic carbocycles. The number of esters is 2. The Morgan fingerprint density at radius 3 is 1.59 bits per heavy atom. The molecule has 0 aliphatic heterocycles. The lowest BCUT2D eigenvalue weighted by molar-refractivity contribution is -0.189. The molecule has 0 spiro atoms. The molecular weight excluding hydrogens is 348 g/mol. The van der Waals surface area contributed by atoms with Crippen LogP contribution in [0.15, 0.2) is 60.7 Å². The molecule has 0 aliphatic carbocycles. The molecule has 6 nitrogen and oxygen atoms in total. The highest BCUT2D eigenvalue weighted by atomic mass is 16.7. The zero-order chi connectivity index (χ0) is 19.6. The number of hydrogen-bond acceptors (Lipinski definition) is 6. The summed E-state index contributed by atoms with van der Waals surface area (Å²) in [5, 5.41) is 20.1. The van der Waals surface area contributed by atoms with E-state index < -0.39 is 30.4 Å². The number of benzene rings is 2. The minimum absolute atomic E-state index is 0.206. The van der Waals surface area contributed by atoms with Crippen molar-refractivity contribution in [3.05, 3.63) is 71.8 Å². The molecule has 27 heavy (non-hydrogen) atoms. The summed E-state index contributed by atoms with van der Waals surface area (Å²) in [6, 6.07) is 16.8. The lowest BCUT2D eigenvalue weighted by atomic mass is 10.0. The number of rotatable bonds is 9. The molecule has 0 fully saturated rings. The lowest BCUT2D eigenvalue weighted by Gasteiger charge is -2.20. The minimum atomic E-state index is -1.48. The van der Waals surface area contributed by atoms with Crippen molar-refractivity contribution in [1.29, 1.82) is 0 Å². The van der Waals surface area contributed by atoms with E-state index in [-0.39, 0.29) is 6.42 Å². The Hall–Kier alpha value is -2.70. The molecule has 0 amide bonds. The Kier molecular flexibility index (Phi) is 7.98. The SMILES string of the molecule is CCCCC(C(=O)OC(O)c1ccccc1)C(=O)OC(O)c1ccccc1. The van der Waals surface area contributed by atoms with Crippen LogP contribution in [-0.2, 0) is 19.1 Å². The number of unbranched alkanes of at least 4 members (excludes halogenated alkanes) is 1. The molecule has 0 radical (unpaired) electrons. The molecule has 0 bridgehead atoms. The summed E-state index contributed by atoms with van der Waals surface area (Å²) in [6.07, 6.45) is -1.39. The first-order chi connectivity index (χ1) is 13.0. The molecule has 0 aliphatic rings. The summed E-state index contributed by atoms with van der Waals surface area (Å²) in [4.78, 5) is 24.9. The van der Waals surface area contributed by atoms with Crippen molar-refractivity contribution in [3.8, 4) is 0 Å². The maximum atomic E-state index is 12.4. The predicted octanol–water partition coefficient (Wildman–Crippen LogP) is 3.26. The van der Waals surface area contributed by atoms with Crippen LogP contribution in [-0.4, -0.2) is 22.2 Å². The van der Waals surface area contributed by atoms with Crippen molar-refractivity contribution in [1.82, 2.24) is 0 Å².